The molecule has 1 aromatic carbocycles. The Morgan fingerprint density at radius 1 is 1.26 bits per heavy atom. The molecule has 0 spiro atoms. The zero-order valence-corrected chi connectivity index (χ0v) is 10.9. The molecule has 3 N–H and O–H groups in total. The second kappa shape index (κ2) is 5.40. The number of carbonyl (C=O) groups excluding carboxylic acids is 2. The smallest absolute Gasteiger partial charge is 0.339 e. The van der Waals surface area contributed by atoms with Crippen LogP contribution in [-0.4, -0.2) is 24.5 Å². The van der Waals surface area contributed by atoms with Crippen LogP contribution in [0.2, 0.25) is 0 Å². The van der Waals surface area contributed by atoms with Crippen molar-refractivity contribution in [2.75, 3.05) is 12.4 Å². The van der Waals surface area contributed by atoms with Crippen molar-refractivity contribution in [3.8, 4) is 0 Å². The van der Waals surface area contributed by atoms with E-state index in [9.17, 15) is 9.59 Å². The summed E-state index contributed by atoms with van der Waals surface area (Å²) in [5.41, 5.74) is 6.04. The van der Waals surface area contributed by atoms with Gasteiger partial charge in [0.25, 0.3) is 0 Å². The van der Waals surface area contributed by atoms with Crippen molar-refractivity contribution in [1.29, 1.82) is 0 Å². The van der Waals surface area contributed by atoms with Crippen molar-refractivity contribution < 1.29 is 14.3 Å². The van der Waals surface area contributed by atoms with E-state index in [1.54, 1.807) is 24.3 Å². The fourth-order valence-electron chi connectivity index (χ4n) is 2.36. The highest BCUT2D eigenvalue weighted by Crippen LogP contribution is 2.29. The van der Waals surface area contributed by atoms with Gasteiger partial charge >= 0.3 is 5.97 Å². The lowest BCUT2D eigenvalue weighted by Crippen LogP contribution is -2.48. The first kappa shape index (κ1) is 13.5. The molecule has 5 nitrogen and oxygen atoms in total. The summed E-state index contributed by atoms with van der Waals surface area (Å²) in [6.07, 6.45) is 3.28. The molecule has 1 saturated carbocycles. The Balaban J connectivity index is 2.19. The van der Waals surface area contributed by atoms with Gasteiger partial charge in [-0.2, -0.15) is 0 Å². The minimum absolute atomic E-state index is 0.235. The highest BCUT2D eigenvalue weighted by molar-refractivity contribution is 6.04. The van der Waals surface area contributed by atoms with Crippen LogP contribution in [-0.2, 0) is 9.53 Å². The average Bonchev–Trinajstić information content (AvgIpc) is 2.87. The molecular weight excluding hydrogens is 244 g/mol. The first-order valence-electron chi connectivity index (χ1n) is 6.34. The maximum Gasteiger partial charge on any atom is 0.339 e. The predicted octanol–water partition coefficient (Wildman–Crippen LogP) is 1.68. The van der Waals surface area contributed by atoms with Crippen LogP contribution in [0.3, 0.4) is 0 Å². The molecule has 0 radical (unpaired) electrons. The minimum Gasteiger partial charge on any atom is -0.465 e. The highest BCUT2D eigenvalue weighted by Gasteiger charge is 2.37. The van der Waals surface area contributed by atoms with Crippen LogP contribution in [0.25, 0.3) is 0 Å². The van der Waals surface area contributed by atoms with Gasteiger partial charge in [-0.15, -0.1) is 0 Å². The zero-order valence-electron chi connectivity index (χ0n) is 10.9. The average molecular weight is 262 g/mol. The van der Waals surface area contributed by atoms with E-state index in [2.05, 4.69) is 10.1 Å². The Morgan fingerprint density at radius 2 is 1.89 bits per heavy atom. The molecule has 1 fully saturated rings. The number of hydrogen-bond acceptors (Lipinski definition) is 4. The summed E-state index contributed by atoms with van der Waals surface area (Å²) in [6.45, 7) is 0. The molecule has 2 rings (SSSR count). The summed E-state index contributed by atoms with van der Waals surface area (Å²) in [5.74, 6) is -0.713. The number of nitrogens with one attached hydrogen (secondary N) is 1. The van der Waals surface area contributed by atoms with Gasteiger partial charge in [-0.1, -0.05) is 25.0 Å². The first-order valence-corrected chi connectivity index (χ1v) is 6.34. The lowest BCUT2D eigenvalue weighted by molar-refractivity contribution is -0.121. The SMILES string of the molecule is COC(=O)c1ccccc1NC(=O)C1(N)CCCC1. The Hall–Kier alpha value is -1.88. The van der Waals surface area contributed by atoms with Crippen LogP contribution in [0.5, 0.6) is 0 Å². The van der Waals surface area contributed by atoms with Gasteiger partial charge < -0.3 is 15.8 Å². The number of nitrogens with two attached hydrogens (primary N) is 1. The number of anilines is 1. The number of esters is 1. The van der Waals surface area contributed by atoms with Crippen LogP contribution in [0.15, 0.2) is 24.3 Å². The molecule has 0 aromatic heterocycles. The number of amides is 1. The summed E-state index contributed by atoms with van der Waals surface area (Å²) < 4.78 is 4.69. The Morgan fingerprint density at radius 3 is 2.53 bits per heavy atom. The van der Waals surface area contributed by atoms with E-state index >= 15 is 0 Å². The van der Waals surface area contributed by atoms with Gasteiger partial charge in [0.05, 0.1) is 23.9 Å². The summed E-state index contributed by atoms with van der Waals surface area (Å²) >= 11 is 0. The molecule has 1 amide bonds. The Bertz CT molecular complexity index is 493. The maximum absolute atomic E-state index is 12.2. The monoisotopic (exact) mass is 262 g/mol. The molecular formula is C14H18N2O3. The van der Waals surface area contributed by atoms with Crippen LogP contribution < -0.4 is 11.1 Å². The van der Waals surface area contributed by atoms with Crippen LogP contribution in [0.1, 0.15) is 36.0 Å². The number of benzene rings is 1. The molecule has 1 aliphatic rings. The molecule has 0 unspecified atom stereocenters. The van der Waals surface area contributed by atoms with Gasteiger partial charge in [0, 0.05) is 0 Å². The minimum atomic E-state index is -0.816. The molecule has 0 atom stereocenters. The molecule has 19 heavy (non-hydrogen) atoms. The molecule has 0 saturated heterocycles. The van der Waals surface area contributed by atoms with E-state index in [4.69, 9.17) is 5.73 Å². The van der Waals surface area contributed by atoms with Gasteiger partial charge in [-0.3, -0.25) is 4.79 Å². The third-order valence-electron chi connectivity index (χ3n) is 3.53. The summed E-state index contributed by atoms with van der Waals surface area (Å²) in [7, 11) is 1.31. The zero-order chi connectivity index (χ0) is 13.9. The predicted molar refractivity (Wildman–Crippen MR) is 71.8 cm³/mol. The van der Waals surface area contributed by atoms with E-state index in [-0.39, 0.29) is 5.91 Å². The number of para-hydroxylation sites is 1. The molecule has 1 aliphatic carbocycles. The van der Waals surface area contributed by atoms with Gasteiger partial charge in [0.1, 0.15) is 0 Å². The topological polar surface area (TPSA) is 81.4 Å². The lowest BCUT2D eigenvalue weighted by atomic mass is 9.98. The van der Waals surface area contributed by atoms with Crippen LogP contribution >= 0.6 is 0 Å². The molecule has 1 aromatic rings. The Labute approximate surface area is 112 Å². The van der Waals surface area contributed by atoms with Gasteiger partial charge in [0.2, 0.25) is 5.91 Å². The summed E-state index contributed by atoms with van der Waals surface area (Å²) in [5, 5.41) is 2.74. The lowest BCUT2D eigenvalue weighted by Gasteiger charge is -2.22. The molecule has 5 heteroatoms. The first-order chi connectivity index (χ1) is 9.07. The second-order valence-corrected chi connectivity index (χ2v) is 4.85. The molecule has 0 heterocycles. The highest BCUT2D eigenvalue weighted by atomic mass is 16.5. The number of ether oxygens (including phenoxy) is 1. The van der Waals surface area contributed by atoms with Crippen LogP contribution in [0, 0.1) is 0 Å². The van der Waals surface area contributed by atoms with Gasteiger partial charge in [-0.25, -0.2) is 4.79 Å². The summed E-state index contributed by atoms with van der Waals surface area (Å²) in [6, 6.07) is 6.75. The number of hydrogen-bond donors (Lipinski definition) is 2. The van der Waals surface area contributed by atoms with Crippen molar-refractivity contribution in [1.82, 2.24) is 0 Å². The number of carbonyl (C=O) groups is 2. The largest absolute Gasteiger partial charge is 0.465 e. The van der Waals surface area contributed by atoms with E-state index < -0.39 is 11.5 Å². The van der Waals surface area contributed by atoms with E-state index in [0.29, 0.717) is 24.1 Å². The fourth-order valence-corrected chi connectivity index (χ4v) is 2.36. The van der Waals surface area contributed by atoms with Crippen molar-refractivity contribution >= 4 is 17.6 Å². The quantitative estimate of drug-likeness (QED) is 0.812. The third kappa shape index (κ3) is 2.76. The third-order valence-corrected chi connectivity index (χ3v) is 3.53. The molecule has 102 valence electrons. The Kier molecular flexibility index (Phi) is 3.85. The van der Waals surface area contributed by atoms with Crippen molar-refractivity contribution in [2.45, 2.75) is 31.2 Å². The van der Waals surface area contributed by atoms with Crippen LogP contribution in [0.4, 0.5) is 5.69 Å². The number of methoxy groups -OCH3 is 1. The summed E-state index contributed by atoms with van der Waals surface area (Å²) in [4.78, 5) is 23.8. The normalized spacial score (nSPS) is 16.9. The van der Waals surface area contributed by atoms with Crippen molar-refractivity contribution in [3.63, 3.8) is 0 Å². The van der Waals surface area contributed by atoms with E-state index in [1.165, 1.54) is 7.11 Å². The maximum atomic E-state index is 12.2. The standard InChI is InChI=1S/C14H18N2O3/c1-19-12(17)10-6-2-3-7-11(10)16-13(18)14(15)8-4-5-9-14/h2-3,6-7H,4-5,8-9,15H2,1H3,(H,16,18). The fraction of sp³-hybridized carbons (Fsp3) is 0.429. The van der Waals surface area contributed by atoms with Crippen molar-refractivity contribution in [2.24, 2.45) is 5.73 Å². The van der Waals surface area contributed by atoms with Gasteiger partial charge in [-0.05, 0) is 25.0 Å². The van der Waals surface area contributed by atoms with Gasteiger partial charge in [0.15, 0.2) is 0 Å². The number of rotatable bonds is 3. The van der Waals surface area contributed by atoms with E-state index in [1.807, 2.05) is 0 Å². The molecule has 0 bridgehead atoms. The van der Waals surface area contributed by atoms with Crippen molar-refractivity contribution in [3.05, 3.63) is 29.8 Å². The second-order valence-electron chi connectivity index (χ2n) is 4.85. The van der Waals surface area contributed by atoms with E-state index in [0.717, 1.165) is 12.8 Å². The molecule has 0 aliphatic heterocycles.